The topological polar surface area (TPSA) is 79.3 Å². The second-order valence-electron chi connectivity index (χ2n) is 5.35. The van der Waals surface area contributed by atoms with Crippen LogP contribution in [0.2, 0.25) is 0 Å². The Morgan fingerprint density at radius 3 is 2.55 bits per heavy atom. The molecule has 7 heteroatoms. The fraction of sp³-hybridized carbons (Fsp3) is 0.267. The average Bonchev–Trinajstić information content (AvgIpc) is 2.85. The van der Waals surface area contributed by atoms with Gasteiger partial charge in [0.25, 0.3) is 5.91 Å². The smallest absolute Gasteiger partial charge is 0.335 e. The lowest BCUT2D eigenvalue weighted by Crippen LogP contribution is -2.41. The molecule has 22 heavy (non-hydrogen) atoms. The predicted molar refractivity (Wildman–Crippen MR) is 80.7 cm³/mol. The van der Waals surface area contributed by atoms with Crippen molar-refractivity contribution in [3.8, 4) is 0 Å². The fourth-order valence-corrected chi connectivity index (χ4v) is 2.70. The third-order valence-corrected chi connectivity index (χ3v) is 4.28. The van der Waals surface area contributed by atoms with Gasteiger partial charge in [0.05, 0.1) is 16.7 Å². The summed E-state index contributed by atoms with van der Waals surface area (Å²) in [5.41, 5.74) is -1.16. The number of thiazole rings is 1. The third kappa shape index (κ3) is 3.30. The van der Waals surface area contributed by atoms with Crippen LogP contribution < -0.4 is 5.32 Å². The van der Waals surface area contributed by atoms with E-state index in [9.17, 15) is 14.0 Å². The molecule has 0 unspecified atom stereocenters. The van der Waals surface area contributed by atoms with Crippen LogP contribution >= 0.6 is 11.3 Å². The number of aromatic nitrogens is 1. The van der Waals surface area contributed by atoms with Gasteiger partial charge in [-0.25, -0.2) is 14.2 Å². The number of rotatable bonds is 4. The molecule has 1 aromatic carbocycles. The van der Waals surface area contributed by atoms with E-state index < -0.39 is 23.2 Å². The zero-order chi connectivity index (χ0) is 16.5. The maximum atomic E-state index is 13.9. The van der Waals surface area contributed by atoms with Gasteiger partial charge >= 0.3 is 5.97 Å². The van der Waals surface area contributed by atoms with E-state index >= 15 is 0 Å². The number of aromatic carboxylic acids is 1. The maximum Gasteiger partial charge on any atom is 0.335 e. The van der Waals surface area contributed by atoms with Crippen LogP contribution in [0.15, 0.2) is 24.4 Å². The summed E-state index contributed by atoms with van der Waals surface area (Å²) in [4.78, 5) is 28.2. The largest absolute Gasteiger partial charge is 0.478 e. The number of carboxylic acids is 1. The molecule has 2 rings (SSSR count). The molecule has 0 spiro atoms. The summed E-state index contributed by atoms with van der Waals surface area (Å²) < 4.78 is 13.9. The lowest BCUT2D eigenvalue weighted by Gasteiger charge is -2.24. The number of amides is 1. The molecule has 0 aliphatic rings. The fourth-order valence-electron chi connectivity index (χ4n) is 1.88. The molecule has 1 heterocycles. The highest BCUT2D eigenvalue weighted by molar-refractivity contribution is 7.11. The molecule has 1 aromatic heterocycles. The van der Waals surface area contributed by atoms with Crippen molar-refractivity contribution in [2.45, 2.75) is 26.3 Å². The number of carbonyl (C=O) groups is 2. The normalized spacial score (nSPS) is 11.3. The van der Waals surface area contributed by atoms with E-state index in [-0.39, 0.29) is 11.1 Å². The van der Waals surface area contributed by atoms with Crippen molar-refractivity contribution in [1.82, 2.24) is 10.3 Å². The quantitative estimate of drug-likeness (QED) is 0.907. The lowest BCUT2D eigenvalue weighted by molar-refractivity contribution is 0.0695. The first-order valence-corrected chi connectivity index (χ1v) is 7.30. The minimum atomic E-state index is -1.25. The summed E-state index contributed by atoms with van der Waals surface area (Å²) in [6, 6.07) is 3.19. The number of carbonyl (C=O) groups excluding carboxylic acids is 1. The maximum absolute atomic E-state index is 13.9. The summed E-state index contributed by atoms with van der Waals surface area (Å²) >= 11 is 1.45. The highest BCUT2D eigenvalue weighted by Crippen LogP contribution is 2.25. The minimum Gasteiger partial charge on any atom is -0.478 e. The molecule has 0 atom stereocenters. The van der Waals surface area contributed by atoms with Crippen LogP contribution in [0.3, 0.4) is 0 Å². The molecule has 0 saturated carbocycles. The Hall–Kier alpha value is -2.28. The Labute approximate surface area is 130 Å². The number of nitrogens with one attached hydrogen (secondary N) is 1. The molecule has 2 N–H and O–H groups in total. The molecule has 116 valence electrons. The first-order chi connectivity index (χ1) is 10.2. The second kappa shape index (κ2) is 5.84. The zero-order valence-electron chi connectivity index (χ0n) is 12.3. The summed E-state index contributed by atoms with van der Waals surface area (Å²) in [7, 11) is 0. The molecule has 5 nitrogen and oxygen atoms in total. The summed E-state index contributed by atoms with van der Waals surface area (Å²) in [5, 5.41) is 12.2. The van der Waals surface area contributed by atoms with Gasteiger partial charge < -0.3 is 10.4 Å². The van der Waals surface area contributed by atoms with Gasteiger partial charge in [0.2, 0.25) is 0 Å². The van der Waals surface area contributed by atoms with E-state index in [0.717, 1.165) is 17.0 Å². The van der Waals surface area contributed by atoms with Crippen molar-refractivity contribution in [2.75, 3.05) is 0 Å². The molecule has 0 aliphatic heterocycles. The molecule has 0 bridgehead atoms. The van der Waals surface area contributed by atoms with Crippen molar-refractivity contribution in [1.29, 1.82) is 0 Å². The van der Waals surface area contributed by atoms with Crippen molar-refractivity contribution in [3.63, 3.8) is 0 Å². The van der Waals surface area contributed by atoms with Crippen LogP contribution in [-0.4, -0.2) is 22.0 Å². The molecule has 0 radical (unpaired) electrons. The molecule has 1 amide bonds. The second-order valence-corrected chi connectivity index (χ2v) is 6.59. The van der Waals surface area contributed by atoms with E-state index in [1.54, 1.807) is 20.0 Å². The van der Waals surface area contributed by atoms with Crippen LogP contribution in [0, 0.1) is 12.7 Å². The van der Waals surface area contributed by atoms with Crippen LogP contribution in [0.25, 0.3) is 0 Å². The molecule has 0 saturated heterocycles. The summed E-state index contributed by atoms with van der Waals surface area (Å²) in [6.07, 6.45) is 1.70. The molecular weight excluding hydrogens is 307 g/mol. The van der Waals surface area contributed by atoms with E-state index in [0.29, 0.717) is 5.01 Å². The monoisotopic (exact) mass is 322 g/mol. The Morgan fingerprint density at radius 2 is 2.05 bits per heavy atom. The molecular formula is C15H15FN2O3S. The van der Waals surface area contributed by atoms with Gasteiger partial charge in [-0.15, -0.1) is 11.3 Å². The van der Waals surface area contributed by atoms with Gasteiger partial charge in [-0.1, -0.05) is 0 Å². The minimum absolute atomic E-state index is 0.202. The number of hydrogen-bond donors (Lipinski definition) is 2. The lowest BCUT2D eigenvalue weighted by atomic mass is 10.0. The highest BCUT2D eigenvalue weighted by atomic mass is 32.1. The van der Waals surface area contributed by atoms with Crippen molar-refractivity contribution >= 4 is 23.2 Å². The number of halogens is 1. The van der Waals surface area contributed by atoms with Crippen LogP contribution in [0.4, 0.5) is 4.39 Å². The highest BCUT2D eigenvalue weighted by Gasteiger charge is 2.27. The van der Waals surface area contributed by atoms with E-state index in [2.05, 4.69) is 10.3 Å². The van der Waals surface area contributed by atoms with E-state index in [1.165, 1.54) is 17.4 Å². The number of hydrogen-bond acceptors (Lipinski definition) is 4. The van der Waals surface area contributed by atoms with E-state index in [4.69, 9.17) is 5.11 Å². The Bertz CT molecular complexity index is 740. The van der Waals surface area contributed by atoms with E-state index in [1.807, 2.05) is 6.92 Å². The van der Waals surface area contributed by atoms with Crippen molar-refractivity contribution < 1.29 is 19.1 Å². The van der Waals surface area contributed by atoms with Crippen molar-refractivity contribution in [2.24, 2.45) is 0 Å². The van der Waals surface area contributed by atoms with Crippen molar-refractivity contribution in [3.05, 3.63) is 51.2 Å². The predicted octanol–water partition coefficient (Wildman–Crippen LogP) is 2.95. The Morgan fingerprint density at radius 1 is 1.36 bits per heavy atom. The Kier molecular flexibility index (Phi) is 4.27. The first kappa shape index (κ1) is 16.1. The summed E-state index contributed by atoms with van der Waals surface area (Å²) in [5.74, 6) is -2.74. The molecule has 2 aromatic rings. The SMILES string of the molecule is Cc1cnc(C(C)(C)NC(=O)c2ccc(C(=O)O)cc2F)s1. The van der Waals surface area contributed by atoms with Gasteiger partial charge in [0, 0.05) is 11.1 Å². The van der Waals surface area contributed by atoms with Gasteiger partial charge in [0.15, 0.2) is 0 Å². The van der Waals surface area contributed by atoms with Gasteiger partial charge in [0.1, 0.15) is 10.8 Å². The number of aryl methyl sites for hydroxylation is 1. The number of nitrogens with zero attached hydrogens (tertiary/aromatic N) is 1. The van der Waals surface area contributed by atoms with Gasteiger partial charge in [-0.2, -0.15) is 0 Å². The third-order valence-electron chi connectivity index (χ3n) is 3.04. The van der Waals surface area contributed by atoms with Crippen LogP contribution in [0.1, 0.15) is 44.4 Å². The van der Waals surface area contributed by atoms with Gasteiger partial charge in [-0.05, 0) is 39.0 Å². The standard InChI is InChI=1S/C15H15FN2O3S/c1-8-7-17-14(22-8)15(2,3)18-12(19)10-5-4-9(13(20)21)6-11(10)16/h4-7H,1-3H3,(H,18,19)(H,20,21). The molecule has 0 aliphatic carbocycles. The van der Waals surface area contributed by atoms with Gasteiger partial charge in [-0.3, -0.25) is 4.79 Å². The zero-order valence-corrected chi connectivity index (χ0v) is 13.1. The number of benzene rings is 1. The average molecular weight is 322 g/mol. The number of carboxylic acid groups (broad SMARTS) is 1. The molecule has 0 fully saturated rings. The Balaban J connectivity index is 2.23. The first-order valence-electron chi connectivity index (χ1n) is 6.49. The van der Waals surface area contributed by atoms with Crippen LogP contribution in [0.5, 0.6) is 0 Å². The van der Waals surface area contributed by atoms with Crippen LogP contribution in [-0.2, 0) is 5.54 Å². The summed E-state index contributed by atoms with van der Waals surface area (Å²) in [6.45, 7) is 5.45.